The molecule has 0 aliphatic carbocycles. The molecular formula is C17H23NO3. The Hall–Kier alpha value is -2.10. The summed E-state index contributed by atoms with van der Waals surface area (Å²) in [6.45, 7) is 11.3. The number of anilines is 1. The lowest BCUT2D eigenvalue weighted by atomic mass is 10.0. The number of benzene rings is 1. The fraction of sp³-hybridized carbons (Fsp3) is 0.412. The van der Waals surface area contributed by atoms with Crippen LogP contribution in [0, 0.1) is 12.8 Å². The molecule has 0 spiro atoms. The zero-order valence-electron chi connectivity index (χ0n) is 13.2. The molecule has 0 aliphatic heterocycles. The quantitative estimate of drug-likeness (QED) is 0.754. The van der Waals surface area contributed by atoms with E-state index in [9.17, 15) is 9.59 Å². The zero-order valence-corrected chi connectivity index (χ0v) is 13.2. The van der Waals surface area contributed by atoms with Gasteiger partial charge in [-0.15, -0.1) is 0 Å². The minimum atomic E-state index is -0.519. The topological polar surface area (TPSA) is 46.6 Å². The number of nitrogens with zero attached hydrogens (tertiary/aromatic N) is 1. The summed E-state index contributed by atoms with van der Waals surface area (Å²) in [6.07, 6.45) is 0.535. The molecule has 1 rings (SSSR count). The van der Waals surface area contributed by atoms with E-state index in [1.807, 2.05) is 38.1 Å². The smallest absolute Gasteiger partial charge is 0.314 e. The second-order valence-electron chi connectivity index (χ2n) is 4.90. The van der Waals surface area contributed by atoms with E-state index in [1.165, 1.54) is 11.8 Å². The Morgan fingerprint density at radius 2 is 2.00 bits per heavy atom. The lowest BCUT2D eigenvalue weighted by Gasteiger charge is -2.28. The average Bonchev–Trinajstić information content (AvgIpc) is 2.39. The van der Waals surface area contributed by atoms with Gasteiger partial charge in [0, 0.05) is 18.3 Å². The van der Waals surface area contributed by atoms with Crippen LogP contribution in [0.2, 0.25) is 0 Å². The van der Waals surface area contributed by atoms with E-state index in [0.29, 0.717) is 18.7 Å². The van der Waals surface area contributed by atoms with Gasteiger partial charge in [0.15, 0.2) is 0 Å². The van der Waals surface area contributed by atoms with Gasteiger partial charge in [-0.1, -0.05) is 25.6 Å². The number of ether oxygens (including phenoxy) is 1. The van der Waals surface area contributed by atoms with Crippen LogP contribution in [0.15, 0.2) is 36.5 Å². The SMILES string of the molecule is C=C(C(CC)C(=O)OCC)N(C(C)=O)c1cccc(C)c1. The lowest BCUT2D eigenvalue weighted by Crippen LogP contribution is -2.34. The van der Waals surface area contributed by atoms with Gasteiger partial charge in [-0.25, -0.2) is 0 Å². The summed E-state index contributed by atoms with van der Waals surface area (Å²) in [7, 11) is 0. The van der Waals surface area contributed by atoms with Gasteiger partial charge in [-0.2, -0.15) is 0 Å². The van der Waals surface area contributed by atoms with Crippen molar-refractivity contribution in [1.82, 2.24) is 0 Å². The first kappa shape index (κ1) is 17.0. The maximum Gasteiger partial charge on any atom is 0.314 e. The summed E-state index contributed by atoms with van der Waals surface area (Å²) in [4.78, 5) is 25.5. The molecule has 0 saturated heterocycles. The molecule has 1 atom stereocenters. The predicted molar refractivity (Wildman–Crippen MR) is 83.9 cm³/mol. The normalized spacial score (nSPS) is 11.6. The molecule has 1 aromatic carbocycles. The van der Waals surface area contributed by atoms with E-state index in [0.717, 1.165) is 11.3 Å². The summed E-state index contributed by atoms with van der Waals surface area (Å²) in [6, 6.07) is 7.55. The fourth-order valence-electron chi connectivity index (χ4n) is 2.25. The van der Waals surface area contributed by atoms with Crippen LogP contribution >= 0.6 is 0 Å². The minimum absolute atomic E-state index is 0.173. The van der Waals surface area contributed by atoms with E-state index in [2.05, 4.69) is 6.58 Å². The summed E-state index contributed by atoms with van der Waals surface area (Å²) in [5, 5.41) is 0. The van der Waals surface area contributed by atoms with Gasteiger partial charge in [-0.05, 0) is 38.0 Å². The van der Waals surface area contributed by atoms with E-state index in [-0.39, 0.29) is 11.9 Å². The Morgan fingerprint density at radius 1 is 1.33 bits per heavy atom. The van der Waals surface area contributed by atoms with Crippen LogP contribution in [0.25, 0.3) is 0 Å². The van der Waals surface area contributed by atoms with Crippen LogP contribution in [0.5, 0.6) is 0 Å². The molecule has 4 nitrogen and oxygen atoms in total. The molecule has 0 radical (unpaired) electrons. The Labute approximate surface area is 126 Å². The summed E-state index contributed by atoms with van der Waals surface area (Å²) >= 11 is 0. The van der Waals surface area contributed by atoms with E-state index in [1.54, 1.807) is 6.92 Å². The van der Waals surface area contributed by atoms with Gasteiger partial charge < -0.3 is 4.74 Å². The Balaban J connectivity index is 3.13. The molecule has 0 aromatic heterocycles. The third kappa shape index (κ3) is 4.18. The maximum atomic E-state index is 12.0. The van der Waals surface area contributed by atoms with Gasteiger partial charge in [-0.3, -0.25) is 14.5 Å². The van der Waals surface area contributed by atoms with Crippen molar-refractivity contribution in [2.24, 2.45) is 5.92 Å². The molecular weight excluding hydrogens is 266 g/mol. The number of aryl methyl sites for hydroxylation is 1. The van der Waals surface area contributed by atoms with E-state index >= 15 is 0 Å². The molecule has 0 aliphatic rings. The van der Waals surface area contributed by atoms with Crippen LogP contribution in [0.4, 0.5) is 5.69 Å². The first-order valence-corrected chi connectivity index (χ1v) is 7.15. The van der Waals surface area contributed by atoms with Crippen molar-refractivity contribution >= 4 is 17.6 Å². The summed E-state index contributed by atoms with van der Waals surface area (Å²) in [5.74, 6) is -1.04. The number of hydrogen-bond donors (Lipinski definition) is 0. The number of hydrogen-bond acceptors (Lipinski definition) is 3. The van der Waals surface area contributed by atoms with Crippen molar-refractivity contribution in [3.05, 3.63) is 42.1 Å². The molecule has 1 amide bonds. The molecule has 0 heterocycles. The number of carbonyl (C=O) groups excluding carboxylic acids is 2. The second-order valence-corrected chi connectivity index (χ2v) is 4.90. The van der Waals surface area contributed by atoms with Crippen molar-refractivity contribution in [2.45, 2.75) is 34.1 Å². The first-order chi connectivity index (χ1) is 9.92. The lowest BCUT2D eigenvalue weighted by molar-refractivity contribution is -0.146. The van der Waals surface area contributed by atoms with Gasteiger partial charge >= 0.3 is 5.97 Å². The summed E-state index contributed by atoms with van der Waals surface area (Å²) in [5.41, 5.74) is 2.21. The van der Waals surface area contributed by atoms with E-state index < -0.39 is 5.92 Å². The molecule has 0 saturated carbocycles. The third-order valence-electron chi connectivity index (χ3n) is 3.24. The molecule has 1 unspecified atom stereocenters. The molecule has 0 fully saturated rings. The number of rotatable bonds is 6. The second kappa shape index (κ2) is 7.62. The standard InChI is InChI=1S/C17H23NO3/c1-6-16(17(20)21-7-2)13(4)18(14(5)19)15-10-8-9-12(3)11-15/h8-11,16H,4,6-7H2,1-3,5H3. The predicted octanol–water partition coefficient (Wildman–Crippen LogP) is 3.45. The number of carbonyl (C=O) groups is 2. The molecule has 0 N–H and O–H groups in total. The van der Waals surface area contributed by atoms with Gasteiger partial charge in [0.1, 0.15) is 0 Å². The highest BCUT2D eigenvalue weighted by molar-refractivity contribution is 5.96. The largest absolute Gasteiger partial charge is 0.465 e. The average molecular weight is 289 g/mol. The first-order valence-electron chi connectivity index (χ1n) is 7.15. The van der Waals surface area contributed by atoms with Crippen molar-refractivity contribution in [3.63, 3.8) is 0 Å². The van der Waals surface area contributed by atoms with Gasteiger partial charge in [0.25, 0.3) is 0 Å². The highest BCUT2D eigenvalue weighted by Crippen LogP contribution is 2.26. The van der Waals surface area contributed by atoms with Crippen molar-refractivity contribution in [1.29, 1.82) is 0 Å². The third-order valence-corrected chi connectivity index (χ3v) is 3.24. The van der Waals surface area contributed by atoms with Crippen LogP contribution in [-0.4, -0.2) is 18.5 Å². The highest BCUT2D eigenvalue weighted by Gasteiger charge is 2.28. The molecule has 4 heteroatoms. The minimum Gasteiger partial charge on any atom is -0.465 e. The van der Waals surface area contributed by atoms with Crippen LogP contribution in [0.3, 0.4) is 0 Å². The van der Waals surface area contributed by atoms with Gasteiger partial charge in [0.2, 0.25) is 5.91 Å². The monoisotopic (exact) mass is 289 g/mol. The Bertz CT molecular complexity index is 537. The molecule has 114 valence electrons. The zero-order chi connectivity index (χ0) is 16.0. The van der Waals surface area contributed by atoms with Crippen molar-refractivity contribution in [2.75, 3.05) is 11.5 Å². The van der Waals surface area contributed by atoms with Crippen LogP contribution < -0.4 is 4.90 Å². The Morgan fingerprint density at radius 3 is 2.48 bits per heavy atom. The number of esters is 1. The Kier molecular flexibility index (Phi) is 6.15. The summed E-state index contributed by atoms with van der Waals surface area (Å²) < 4.78 is 5.07. The van der Waals surface area contributed by atoms with Crippen molar-refractivity contribution in [3.8, 4) is 0 Å². The van der Waals surface area contributed by atoms with Gasteiger partial charge in [0.05, 0.1) is 12.5 Å². The van der Waals surface area contributed by atoms with Crippen molar-refractivity contribution < 1.29 is 14.3 Å². The molecule has 0 bridgehead atoms. The van der Waals surface area contributed by atoms with Crippen LogP contribution in [0.1, 0.15) is 32.8 Å². The molecule has 1 aromatic rings. The maximum absolute atomic E-state index is 12.0. The molecule has 21 heavy (non-hydrogen) atoms. The highest BCUT2D eigenvalue weighted by atomic mass is 16.5. The number of amides is 1. The fourth-order valence-corrected chi connectivity index (χ4v) is 2.25. The van der Waals surface area contributed by atoms with E-state index in [4.69, 9.17) is 4.74 Å². The van der Waals surface area contributed by atoms with Crippen LogP contribution in [-0.2, 0) is 14.3 Å².